The maximum Gasteiger partial charge on any atom is 0.319 e. The predicted molar refractivity (Wildman–Crippen MR) is 90.2 cm³/mol. The summed E-state index contributed by atoms with van der Waals surface area (Å²) in [5.41, 5.74) is 1.01. The van der Waals surface area contributed by atoms with E-state index in [1.54, 1.807) is 0 Å². The smallest absolute Gasteiger partial charge is 0.319 e. The summed E-state index contributed by atoms with van der Waals surface area (Å²) in [6, 6.07) is 12.6. The largest absolute Gasteiger partial charge is 0.371 e. The van der Waals surface area contributed by atoms with Crippen molar-refractivity contribution in [3.05, 3.63) is 60.2 Å². The summed E-state index contributed by atoms with van der Waals surface area (Å²) in [7, 11) is 0. The van der Waals surface area contributed by atoms with E-state index in [1.807, 2.05) is 18.2 Å². The molecule has 0 bridgehead atoms. The number of amides is 2. The summed E-state index contributed by atoms with van der Waals surface area (Å²) >= 11 is 0. The van der Waals surface area contributed by atoms with Gasteiger partial charge in [-0.1, -0.05) is 18.2 Å². The Morgan fingerprint density at radius 1 is 1.04 bits per heavy atom. The summed E-state index contributed by atoms with van der Waals surface area (Å²) in [5.74, 6) is -1.26. The lowest BCUT2D eigenvalue weighted by Gasteiger charge is -2.33. The van der Waals surface area contributed by atoms with E-state index >= 15 is 0 Å². The fraction of sp³-hybridized carbons (Fsp3) is 0.278. The molecule has 4 nitrogen and oxygen atoms in total. The second-order valence-electron chi connectivity index (χ2n) is 5.82. The number of anilines is 2. The summed E-state index contributed by atoms with van der Waals surface area (Å²) in [5, 5.41) is 5.18. The number of piperidine rings is 1. The van der Waals surface area contributed by atoms with Gasteiger partial charge >= 0.3 is 6.03 Å². The van der Waals surface area contributed by atoms with Crippen LogP contribution in [0.2, 0.25) is 0 Å². The normalized spacial score (nSPS) is 15.2. The van der Waals surface area contributed by atoms with Gasteiger partial charge in [0.15, 0.2) is 0 Å². The third-order valence-electron chi connectivity index (χ3n) is 4.13. The first-order valence-electron chi connectivity index (χ1n) is 7.94. The predicted octanol–water partition coefficient (Wildman–Crippen LogP) is 3.76. The maximum atomic E-state index is 13.5. The molecule has 0 aliphatic carbocycles. The van der Waals surface area contributed by atoms with Gasteiger partial charge in [-0.05, 0) is 37.1 Å². The van der Waals surface area contributed by atoms with Crippen LogP contribution in [0.1, 0.15) is 12.8 Å². The number of halogens is 2. The topological polar surface area (TPSA) is 44.4 Å². The number of carbonyl (C=O) groups is 1. The van der Waals surface area contributed by atoms with Gasteiger partial charge in [-0.3, -0.25) is 0 Å². The number of hydrogen-bond donors (Lipinski definition) is 2. The fourth-order valence-electron chi connectivity index (χ4n) is 2.86. The minimum Gasteiger partial charge on any atom is -0.371 e. The van der Waals surface area contributed by atoms with Crippen molar-refractivity contribution in [1.82, 2.24) is 5.32 Å². The molecule has 2 aromatic rings. The molecule has 2 aromatic carbocycles. The number of carbonyl (C=O) groups excluding carboxylic acids is 1. The maximum absolute atomic E-state index is 13.5. The van der Waals surface area contributed by atoms with Crippen molar-refractivity contribution in [1.29, 1.82) is 0 Å². The second kappa shape index (κ2) is 7.29. The molecule has 0 unspecified atom stereocenters. The Morgan fingerprint density at radius 2 is 1.75 bits per heavy atom. The Labute approximate surface area is 139 Å². The zero-order valence-electron chi connectivity index (χ0n) is 13.1. The van der Waals surface area contributed by atoms with Crippen LogP contribution in [0.5, 0.6) is 0 Å². The van der Waals surface area contributed by atoms with E-state index in [2.05, 4.69) is 27.7 Å². The molecule has 1 heterocycles. The average molecular weight is 331 g/mol. The van der Waals surface area contributed by atoms with Gasteiger partial charge in [-0.15, -0.1) is 0 Å². The van der Waals surface area contributed by atoms with E-state index in [1.165, 1.54) is 5.69 Å². The van der Waals surface area contributed by atoms with Gasteiger partial charge in [0.1, 0.15) is 11.6 Å². The first-order chi connectivity index (χ1) is 11.6. The first kappa shape index (κ1) is 16.2. The van der Waals surface area contributed by atoms with Crippen LogP contribution in [-0.4, -0.2) is 25.2 Å². The highest BCUT2D eigenvalue weighted by Gasteiger charge is 2.21. The highest BCUT2D eigenvalue weighted by atomic mass is 19.1. The summed E-state index contributed by atoms with van der Waals surface area (Å²) < 4.78 is 26.6. The van der Waals surface area contributed by atoms with Crippen molar-refractivity contribution in [2.45, 2.75) is 18.9 Å². The van der Waals surface area contributed by atoms with Crippen molar-refractivity contribution in [2.24, 2.45) is 0 Å². The molecule has 1 saturated heterocycles. The Kier molecular flexibility index (Phi) is 4.93. The molecule has 24 heavy (non-hydrogen) atoms. The van der Waals surface area contributed by atoms with Crippen LogP contribution >= 0.6 is 0 Å². The van der Waals surface area contributed by atoms with Gasteiger partial charge < -0.3 is 15.5 Å². The summed E-state index contributed by atoms with van der Waals surface area (Å²) in [4.78, 5) is 14.2. The molecule has 126 valence electrons. The van der Waals surface area contributed by atoms with Gasteiger partial charge in [-0.25, -0.2) is 13.6 Å². The quantitative estimate of drug-likeness (QED) is 0.899. The summed E-state index contributed by atoms with van der Waals surface area (Å²) in [6.45, 7) is 1.67. The van der Waals surface area contributed by atoms with E-state index < -0.39 is 17.7 Å². The van der Waals surface area contributed by atoms with Crippen molar-refractivity contribution in [2.75, 3.05) is 23.3 Å². The van der Waals surface area contributed by atoms with Crippen LogP contribution < -0.4 is 15.5 Å². The van der Waals surface area contributed by atoms with Crippen LogP contribution in [0, 0.1) is 11.6 Å². The number of benzene rings is 2. The van der Waals surface area contributed by atoms with Crippen molar-refractivity contribution in [3.8, 4) is 0 Å². The molecule has 6 heteroatoms. The number of nitrogens with one attached hydrogen (secondary N) is 2. The average Bonchev–Trinajstić information content (AvgIpc) is 2.59. The Balaban J connectivity index is 1.51. The number of nitrogens with zero attached hydrogens (tertiary/aromatic N) is 1. The fourth-order valence-corrected chi connectivity index (χ4v) is 2.86. The van der Waals surface area contributed by atoms with Crippen molar-refractivity contribution in [3.63, 3.8) is 0 Å². The molecule has 2 N–H and O–H groups in total. The number of hydrogen-bond acceptors (Lipinski definition) is 2. The second-order valence-corrected chi connectivity index (χ2v) is 5.82. The molecule has 1 aliphatic rings. The molecule has 2 amide bonds. The monoisotopic (exact) mass is 331 g/mol. The van der Waals surface area contributed by atoms with E-state index in [4.69, 9.17) is 0 Å². The molecular weight excluding hydrogens is 312 g/mol. The van der Waals surface area contributed by atoms with Crippen molar-refractivity contribution < 1.29 is 13.6 Å². The van der Waals surface area contributed by atoms with E-state index in [0.29, 0.717) is 0 Å². The van der Waals surface area contributed by atoms with Crippen LogP contribution in [0.25, 0.3) is 0 Å². The molecule has 3 rings (SSSR count). The van der Waals surface area contributed by atoms with Crippen LogP contribution in [0.3, 0.4) is 0 Å². The van der Waals surface area contributed by atoms with Crippen LogP contribution in [0.15, 0.2) is 48.5 Å². The number of rotatable bonds is 3. The lowest BCUT2D eigenvalue weighted by Crippen LogP contribution is -2.46. The highest BCUT2D eigenvalue weighted by Crippen LogP contribution is 2.20. The number of urea groups is 1. The third kappa shape index (κ3) is 4.01. The highest BCUT2D eigenvalue weighted by molar-refractivity contribution is 5.89. The van der Waals surface area contributed by atoms with Crippen LogP contribution in [-0.2, 0) is 0 Å². The zero-order valence-corrected chi connectivity index (χ0v) is 13.1. The molecule has 0 radical (unpaired) electrons. The molecule has 0 aromatic heterocycles. The minimum absolute atomic E-state index is 0.0154. The van der Waals surface area contributed by atoms with Gasteiger partial charge in [-0.2, -0.15) is 0 Å². The van der Waals surface area contributed by atoms with E-state index in [-0.39, 0.29) is 11.7 Å². The third-order valence-corrected chi connectivity index (χ3v) is 4.13. The lowest BCUT2D eigenvalue weighted by molar-refractivity contribution is 0.246. The Morgan fingerprint density at radius 3 is 2.46 bits per heavy atom. The van der Waals surface area contributed by atoms with Gasteiger partial charge in [0, 0.05) is 30.9 Å². The Bertz CT molecular complexity index is 701. The first-order valence-corrected chi connectivity index (χ1v) is 7.94. The van der Waals surface area contributed by atoms with Crippen LogP contribution in [0.4, 0.5) is 25.0 Å². The summed E-state index contributed by atoms with van der Waals surface area (Å²) in [6.07, 6.45) is 1.60. The molecular formula is C18H19F2N3O. The SMILES string of the molecule is O=C(Nc1cc(F)ccc1F)NC1CCN(c2ccccc2)CC1. The number of para-hydroxylation sites is 1. The lowest BCUT2D eigenvalue weighted by atomic mass is 10.0. The van der Waals surface area contributed by atoms with Gasteiger partial charge in [0.25, 0.3) is 0 Å². The van der Waals surface area contributed by atoms with Crippen molar-refractivity contribution >= 4 is 17.4 Å². The standard InChI is InChI=1S/C18H19F2N3O/c19-13-6-7-16(20)17(12-13)22-18(24)21-14-8-10-23(11-9-14)15-4-2-1-3-5-15/h1-7,12,14H,8-11H2,(H2,21,22,24). The Hall–Kier alpha value is -2.63. The van der Waals surface area contributed by atoms with E-state index in [9.17, 15) is 13.6 Å². The molecule has 0 atom stereocenters. The van der Waals surface area contributed by atoms with Gasteiger partial charge in [0.2, 0.25) is 0 Å². The zero-order chi connectivity index (χ0) is 16.9. The molecule has 0 saturated carbocycles. The van der Waals surface area contributed by atoms with Gasteiger partial charge in [0.05, 0.1) is 5.69 Å². The van der Waals surface area contributed by atoms with E-state index in [0.717, 1.165) is 44.1 Å². The minimum atomic E-state index is -0.662. The molecule has 1 fully saturated rings. The molecule has 1 aliphatic heterocycles. The molecule has 0 spiro atoms.